The third-order valence-corrected chi connectivity index (χ3v) is 7.35. The first-order valence-electron chi connectivity index (χ1n) is 12.8. The summed E-state index contributed by atoms with van der Waals surface area (Å²) in [5, 5.41) is 10.4. The van der Waals surface area contributed by atoms with Crippen molar-refractivity contribution in [3.05, 3.63) is 77.6 Å². The highest BCUT2D eigenvalue weighted by Crippen LogP contribution is 2.48. The van der Waals surface area contributed by atoms with Gasteiger partial charge in [0.2, 0.25) is 0 Å². The number of ether oxygens (including phenoxy) is 1. The van der Waals surface area contributed by atoms with Crippen LogP contribution in [0, 0.1) is 18.3 Å². The van der Waals surface area contributed by atoms with Crippen LogP contribution in [0.25, 0.3) is 33.2 Å². The van der Waals surface area contributed by atoms with Crippen molar-refractivity contribution in [3.8, 4) is 28.3 Å². The minimum Gasteiger partial charge on any atom is -0.372 e. The van der Waals surface area contributed by atoms with Crippen LogP contribution in [-0.2, 0) is 4.74 Å². The zero-order chi connectivity index (χ0) is 24.8. The second-order valence-electron chi connectivity index (χ2n) is 10.2. The fraction of sp³-hybridized carbons (Fsp3) is 0.323. The van der Waals surface area contributed by atoms with Crippen LogP contribution in [0.1, 0.15) is 49.4 Å². The molecule has 2 atom stereocenters. The summed E-state index contributed by atoms with van der Waals surface area (Å²) in [6.45, 7) is 8.08. The van der Waals surface area contributed by atoms with Gasteiger partial charge in [0.25, 0.3) is 0 Å². The minimum atomic E-state index is 0.201. The number of hydrogen-bond acceptors (Lipinski definition) is 5. The van der Waals surface area contributed by atoms with Crippen LogP contribution in [0.5, 0.6) is 0 Å². The van der Waals surface area contributed by atoms with Crippen molar-refractivity contribution in [2.45, 2.75) is 51.7 Å². The van der Waals surface area contributed by atoms with E-state index in [0.717, 1.165) is 46.8 Å². The Kier molecular flexibility index (Phi) is 5.70. The summed E-state index contributed by atoms with van der Waals surface area (Å²) >= 11 is 0. The molecular formula is C31H30N4O. The largest absolute Gasteiger partial charge is 0.372 e. The summed E-state index contributed by atoms with van der Waals surface area (Å²) in [5.74, 6) is 1.57. The molecule has 0 bridgehead atoms. The Morgan fingerprint density at radius 3 is 2.33 bits per heavy atom. The van der Waals surface area contributed by atoms with Gasteiger partial charge in [0.15, 0.2) is 0 Å². The molecule has 2 aromatic carbocycles. The molecule has 4 aromatic rings. The summed E-state index contributed by atoms with van der Waals surface area (Å²) in [6, 6.07) is 20.8. The van der Waals surface area contributed by atoms with E-state index < -0.39 is 0 Å². The molecule has 1 saturated carbocycles. The van der Waals surface area contributed by atoms with Crippen molar-refractivity contribution in [2.24, 2.45) is 0 Å². The number of hydrogen-bond donors (Lipinski definition) is 0. The maximum absolute atomic E-state index is 9.18. The van der Waals surface area contributed by atoms with Gasteiger partial charge in [0.05, 0.1) is 29.4 Å². The van der Waals surface area contributed by atoms with Gasteiger partial charge in [-0.05, 0) is 74.9 Å². The highest BCUT2D eigenvalue weighted by atomic mass is 16.5. The molecule has 6 rings (SSSR count). The van der Waals surface area contributed by atoms with Gasteiger partial charge in [-0.3, -0.25) is 4.98 Å². The van der Waals surface area contributed by atoms with Crippen molar-refractivity contribution in [1.82, 2.24) is 9.97 Å². The van der Waals surface area contributed by atoms with Crippen molar-refractivity contribution < 1.29 is 4.74 Å². The maximum atomic E-state index is 9.18. The Hall–Kier alpha value is -3.75. The zero-order valence-electron chi connectivity index (χ0n) is 21.0. The number of benzene rings is 2. The summed E-state index contributed by atoms with van der Waals surface area (Å²) in [4.78, 5) is 12.4. The van der Waals surface area contributed by atoms with Gasteiger partial charge >= 0.3 is 0 Å². The number of fused-ring (bicyclic) bond motifs is 1. The topological polar surface area (TPSA) is 62.0 Å². The molecule has 2 fully saturated rings. The lowest BCUT2D eigenvalue weighted by molar-refractivity contribution is -0.00546. The first-order valence-corrected chi connectivity index (χ1v) is 12.8. The summed E-state index contributed by atoms with van der Waals surface area (Å²) in [5.41, 5.74) is 8.65. The summed E-state index contributed by atoms with van der Waals surface area (Å²) < 4.78 is 5.91. The lowest BCUT2D eigenvalue weighted by Crippen LogP contribution is -2.45. The van der Waals surface area contributed by atoms with Gasteiger partial charge in [-0.1, -0.05) is 30.3 Å². The van der Waals surface area contributed by atoms with E-state index in [-0.39, 0.29) is 12.2 Å². The monoisotopic (exact) mass is 474 g/mol. The average molecular weight is 475 g/mol. The second-order valence-corrected chi connectivity index (χ2v) is 10.2. The van der Waals surface area contributed by atoms with Gasteiger partial charge in [-0.15, -0.1) is 0 Å². The van der Waals surface area contributed by atoms with Crippen LogP contribution >= 0.6 is 0 Å². The Labute approximate surface area is 212 Å². The number of aromatic nitrogens is 2. The molecule has 3 heterocycles. The number of pyridine rings is 2. The van der Waals surface area contributed by atoms with Crippen LogP contribution in [0.3, 0.4) is 0 Å². The number of para-hydroxylation sites is 1. The molecule has 1 aliphatic carbocycles. The molecule has 180 valence electrons. The molecular weight excluding hydrogens is 444 g/mol. The van der Waals surface area contributed by atoms with E-state index >= 15 is 0 Å². The molecule has 2 aliphatic rings. The van der Waals surface area contributed by atoms with E-state index in [1.165, 1.54) is 29.4 Å². The number of morpholine rings is 1. The molecule has 0 spiro atoms. The molecule has 0 N–H and O–H groups in total. The highest BCUT2D eigenvalue weighted by Gasteiger charge is 2.30. The zero-order valence-corrected chi connectivity index (χ0v) is 21.0. The Balaban J connectivity index is 1.43. The van der Waals surface area contributed by atoms with E-state index in [1.807, 2.05) is 30.5 Å². The molecule has 0 amide bonds. The van der Waals surface area contributed by atoms with Crippen molar-refractivity contribution >= 4 is 16.7 Å². The number of nitrogens with zero attached hydrogens (tertiary/aromatic N) is 4. The molecule has 2 unspecified atom stereocenters. The Bertz CT molecular complexity index is 1470. The fourth-order valence-corrected chi connectivity index (χ4v) is 5.60. The summed E-state index contributed by atoms with van der Waals surface area (Å²) in [6.07, 6.45) is 4.87. The molecule has 1 aliphatic heterocycles. The molecule has 1 saturated heterocycles. The smallest absolute Gasteiger partial charge is 0.129 e. The van der Waals surface area contributed by atoms with Gasteiger partial charge in [0.1, 0.15) is 5.82 Å². The SMILES string of the molecule is Cc1nc(N2CC(C)OC(C)C2)ccc1-c1cnc2c(-c3ccc(C#N)cc3)cccc2c1C1CC1. The first kappa shape index (κ1) is 22.7. The van der Waals surface area contributed by atoms with E-state index in [2.05, 4.69) is 62.1 Å². The molecule has 36 heavy (non-hydrogen) atoms. The molecule has 5 nitrogen and oxygen atoms in total. The molecule has 2 aromatic heterocycles. The maximum Gasteiger partial charge on any atom is 0.129 e. The Morgan fingerprint density at radius 2 is 1.67 bits per heavy atom. The van der Waals surface area contributed by atoms with Crippen molar-refractivity contribution in [3.63, 3.8) is 0 Å². The third-order valence-electron chi connectivity index (χ3n) is 7.35. The van der Waals surface area contributed by atoms with E-state index in [0.29, 0.717) is 11.5 Å². The minimum absolute atomic E-state index is 0.201. The number of aryl methyl sites for hydroxylation is 1. The number of anilines is 1. The third kappa shape index (κ3) is 4.12. The van der Waals surface area contributed by atoms with Gasteiger partial charge in [-0.25, -0.2) is 4.98 Å². The molecule has 5 heteroatoms. The normalized spacial score (nSPS) is 19.9. The Morgan fingerprint density at radius 1 is 0.917 bits per heavy atom. The molecule has 0 radical (unpaired) electrons. The van der Waals surface area contributed by atoms with Crippen LogP contribution in [0.15, 0.2) is 60.8 Å². The predicted molar refractivity (Wildman–Crippen MR) is 144 cm³/mol. The first-order chi connectivity index (χ1) is 17.5. The average Bonchev–Trinajstić information content (AvgIpc) is 3.72. The number of nitriles is 1. The second kappa shape index (κ2) is 9.04. The summed E-state index contributed by atoms with van der Waals surface area (Å²) in [7, 11) is 0. The number of rotatable bonds is 4. The van der Waals surface area contributed by atoms with Crippen LogP contribution in [-0.4, -0.2) is 35.3 Å². The fourth-order valence-electron chi connectivity index (χ4n) is 5.60. The van der Waals surface area contributed by atoms with Crippen molar-refractivity contribution in [1.29, 1.82) is 5.26 Å². The van der Waals surface area contributed by atoms with Gasteiger partial charge in [0, 0.05) is 47.1 Å². The predicted octanol–water partition coefficient (Wildman–Crippen LogP) is 6.63. The standard InChI is InChI=1S/C31H30N4O/c1-19-17-35(18-20(2)36-19)29-14-13-25(21(3)34-29)28-16-33-31-26(23-9-7-22(15-32)8-10-23)5-4-6-27(31)30(28)24-11-12-24/h4-10,13-14,16,19-20,24H,11-12,17-18H2,1-3H3. The van der Waals surface area contributed by atoms with E-state index in [9.17, 15) is 5.26 Å². The lowest BCUT2D eigenvalue weighted by atomic mass is 9.91. The lowest BCUT2D eigenvalue weighted by Gasteiger charge is -2.36. The van der Waals surface area contributed by atoms with Crippen LogP contribution < -0.4 is 4.90 Å². The quantitative estimate of drug-likeness (QED) is 0.332. The van der Waals surface area contributed by atoms with Crippen LogP contribution in [0.2, 0.25) is 0 Å². The highest BCUT2D eigenvalue weighted by molar-refractivity contribution is 5.99. The van der Waals surface area contributed by atoms with E-state index in [1.54, 1.807) is 0 Å². The van der Waals surface area contributed by atoms with Crippen molar-refractivity contribution in [2.75, 3.05) is 18.0 Å². The van der Waals surface area contributed by atoms with E-state index in [4.69, 9.17) is 14.7 Å². The van der Waals surface area contributed by atoms with Gasteiger partial charge < -0.3 is 9.64 Å². The van der Waals surface area contributed by atoms with Gasteiger partial charge in [-0.2, -0.15) is 5.26 Å². The van der Waals surface area contributed by atoms with Crippen LogP contribution in [0.4, 0.5) is 5.82 Å².